The van der Waals surface area contributed by atoms with E-state index in [-0.39, 0.29) is 5.57 Å². The maximum Gasteiger partial charge on any atom is 0.342 e. The summed E-state index contributed by atoms with van der Waals surface area (Å²) in [5.41, 5.74) is -0.348. The van der Waals surface area contributed by atoms with Crippen molar-refractivity contribution >= 4 is 22.8 Å². The van der Waals surface area contributed by atoms with Crippen LogP contribution in [-0.4, -0.2) is 18.3 Å². The highest BCUT2D eigenvalue weighted by Crippen LogP contribution is 1.97. The Kier molecular flexibility index (Phi) is 2.95. The number of carbonyl (C=O) groups is 2. The Morgan fingerprint density at radius 1 is 1.56 bits per heavy atom. The number of hydrogen-bond donors (Lipinski definition) is 0. The fourth-order valence-corrected chi connectivity index (χ4v) is 0.281. The van der Waals surface area contributed by atoms with Crippen LogP contribution in [0.4, 0.5) is 0 Å². The van der Waals surface area contributed by atoms with E-state index in [1.165, 1.54) is 0 Å². The molecule has 0 unspecified atom stereocenters. The summed E-state index contributed by atoms with van der Waals surface area (Å²) in [5.74, 6) is -0.796. The van der Waals surface area contributed by atoms with Crippen LogP contribution in [0.2, 0.25) is 0 Å². The first-order valence-electron chi connectivity index (χ1n) is 2.06. The zero-order valence-corrected chi connectivity index (χ0v) is 5.57. The molecule has 0 aromatic carbocycles. The topological polar surface area (TPSA) is 43.4 Å². The Balaban J connectivity index is 4.05. The van der Waals surface area contributed by atoms with Gasteiger partial charge in [0, 0.05) is 0 Å². The molecule has 0 spiro atoms. The van der Waals surface area contributed by atoms with Crippen molar-refractivity contribution in [3.8, 4) is 0 Å². The molecule has 0 atom stereocenters. The highest BCUT2D eigenvalue weighted by atomic mass is 35.5. The highest BCUT2D eigenvalue weighted by Gasteiger charge is 2.12. The van der Waals surface area contributed by atoms with Gasteiger partial charge in [0.05, 0.1) is 7.11 Å². The van der Waals surface area contributed by atoms with Crippen LogP contribution in [-0.2, 0) is 14.3 Å². The van der Waals surface area contributed by atoms with Crippen LogP contribution in [0, 0.1) is 0 Å². The van der Waals surface area contributed by atoms with Crippen molar-refractivity contribution in [3.05, 3.63) is 12.2 Å². The van der Waals surface area contributed by atoms with E-state index >= 15 is 0 Å². The van der Waals surface area contributed by atoms with Crippen molar-refractivity contribution in [3.63, 3.8) is 0 Å². The summed E-state index contributed by atoms with van der Waals surface area (Å²) in [6.45, 7) is 3.07. The summed E-state index contributed by atoms with van der Waals surface area (Å²) in [7, 11) is 1.15. The Morgan fingerprint density at radius 2 is 2.00 bits per heavy atom. The van der Waals surface area contributed by atoms with Gasteiger partial charge in [0.2, 0.25) is 0 Å². The Bertz CT molecular complexity index is 162. The normalized spacial score (nSPS) is 8.22. The van der Waals surface area contributed by atoms with Gasteiger partial charge in [-0.05, 0) is 11.6 Å². The molecule has 50 valence electrons. The summed E-state index contributed by atoms with van der Waals surface area (Å²) < 4.78 is 4.13. The third-order valence-electron chi connectivity index (χ3n) is 0.669. The second-order valence-electron chi connectivity index (χ2n) is 1.24. The van der Waals surface area contributed by atoms with Gasteiger partial charge in [-0.15, -0.1) is 0 Å². The number of halogens is 1. The van der Waals surface area contributed by atoms with E-state index < -0.39 is 11.2 Å². The molecule has 0 amide bonds. The minimum absolute atomic E-state index is 0.348. The van der Waals surface area contributed by atoms with Gasteiger partial charge in [0.25, 0.3) is 5.24 Å². The van der Waals surface area contributed by atoms with Gasteiger partial charge in [0.15, 0.2) is 0 Å². The molecule has 0 aromatic rings. The van der Waals surface area contributed by atoms with Gasteiger partial charge in [0.1, 0.15) is 5.57 Å². The molecule has 0 saturated heterocycles. The van der Waals surface area contributed by atoms with Crippen molar-refractivity contribution in [2.45, 2.75) is 0 Å². The molecule has 0 aliphatic heterocycles. The molecule has 0 fully saturated rings. The number of hydrogen-bond acceptors (Lipinski definition) is 3. The van der Waals surface area contributed by atoms with Crippen LogP contribution in [0.3, 0.4) is 0 Å². The van der Waals surface area contributed by atoms with Gasteiger partial charge in [-0.3, -0.25) is 4.79 Å². The Labute approximate surface area is 57.2 Å². The maximum atomic E-state index is 10.3. The quantitative estimate of drug-likeness (QED) is 0.188. The second kappa shape index (κ2) is 3.25. The monoisotopic (exact) mass is 148 g/mol. The smallest absolute Gasteiger partial charge is 0.342 e. The molecule has 0 rings (SSSR count). The van der Waals surface area contributed by atoms with E-state index in [1.54, 1.807) is 0 Å². The Hall–Kier alpha value is -0.830. The number of ether oxygens (including phenoxy) is 1. The third-order valence-corrected chi connectivity index (χ3v) is 0.897. The highest BCUT2D eigenvalue weighted by molar-refractivity contribution is 6.70. The molecule has 0 heterocycles. The molecular formula is C5H5ClO3. The zero-order valence-electron chi connectivity index (χ0n) is 4.81. The van der Waals surface area contributed by atoms with E-state index in [2.05, 4.69) is 11.3 Å². The molecule has 0 N–H and O–H groups in total. The van der Waals surface area contributed by atoms with Crippen molar-refractivity contribution < 1.29 is 14.3 Å². The first kappa shape index (κ1) is 8.17. The first-order chi connectivity index (χ1) is 4.09. The van der Waals surface area contributed by atoms with Gasteiger partial charge < -0.3 is 4.74 Å². The van der Waals surface area contributed by atoms with Gasteiger partial charge in [-0.2, -0.15) is 0 Å². The van der Waals surface area contributed by atoms with E-state index in [0.29, 0.717) is 0 Å². The van der Waals surface area contributed by atoms with Crippen LogP contribution in [0.5, 0.6) is 0 Å². The molecule has 0 radical (unpaired) electrons. The molecule has 4 heteroatoms. The molecule has 9 heavy (non-hydrogen) atoms. The zero-order chi connectivity index (χ0) is 7.44. The lowest BCUT2D eigenvalue weighted by atomic mass is 10.3. The average molecular weight is 149 g/mol. The molecule has 0 bridgehead atoms. The maximum absolute atomic E-state index is 10.3. The molecule has 0 aromatic heterocycles. The number of methoxy groups -OCH3 is 1. The van der Waals surface area contributed by atoms with Crippen LogP contribution in [0.15, 0.2) is 12.2 Å². The van der Waals surface area contributed by atoms with E-state index in [4.69, 9.17) is 11.6 Å². The average Bonchev–Trinajstić information content (AvgIpc) is 1.84. The van der Waals surface area contributed by atoms with Crippen LogP contribution < -0.4 is 0 Å². The second-order valence-corrected chi connectivity index (χ2v) is 1.59. The minimum Gasteiger partial charge on any atom is -0.465 e. The van der Waals surface area contributed by atoms with Gasteiger partial charge in [-0.25, -0.2) is 4.79 Å². The Morgan fingerprint density at radius 3 is 2.11 bits per heavy atom. The van der Waals surface area contributed by atoms with Gasteiger partial charge in [-0.1, -0.05) is 6.58 Å². The molecule has 0 saturated carbocycles. The summed E-state index contributed by atoms with van der Waals surface area (Å²) in [6, 6.07) is 0. The fraction of sp³-hybridized carbons (Fsp3) is 0.200. The molecule has 0 aliphatic carbocycles. The SMILES string of the molecule is C=C(C(=O)Cl)C(=O)OC. The molecule has 3 nitrogen and oxygen atoms in total. The predicted molar refractivity (Wildman–Crippen MR) is 32.0 cm³/mol. The minimum atomic E-state index is -0.887. The number of carbonyl (C=O) groups excluding carboxylic acids is 2. The van der Waals surface area contributed by atoms with Gasteiger partial charge >= 0.3 is 5.97 Å². The van der Waals surface area contributed by atoms with Crippen LogP contribution in [0.1, 0.15) is 0 Å². The fourth-order valence-electron chi connectivity index (χ4n) is 0.203. The largest absolute Gasteiger partial charge is 0.465 e. The summed E-state index contributed by atoms with van der Waals surface area (Å²) in [6.07, 6.45) is 0. The third kappa shape index (κ3) is 2.28. The van der Waals surface area contributed by atoms with Crippen molar-refractivity contribution in [1.82, 2.24) is 0 Å². The molecule has 0 aliphatic rings. The summed E-state index contributed by atoms with van der Waals surface area (Å²) >= 11 is 4.86. The summed E-state index contributed by atoms with van der Waals surface area (Å²) in [5, 5.41) is -0.887. The summed E-state index contributed by atoms with van der Waals surface area (Å²) in [4.78, 5) is 20.4. The predicted octanol–water partition coefficient (Wildman–Crippen LogP) is 0.481. The number of rotatable bonds is 2. The van der Waals surface area contributed by atoms with Crippen molar-refractivity contribution in [2.24, 2.45) is 0 Å². The van der Waals surface area contributed by atoms with E-state index in [0.717, 1.165) is 7.11 Å². The van der Waals surface area contributed by atoms with E-state index in [9.17, 15) is 9.59 Å². The van der Waals surface area contributed by atoms with Crippen molar-refractivity contribution in [2.75, 3.05) is 7.11 Å². The van der Waals surface area contributed by atoms with E-state index in [1.807, 2.05) is 0 Å². The van der Waals surface area contributed by atoms with Crippen LogP contribution >= 0.6 is 11.6 Å². The lowest BCUT2D eigenvalue weighted by Gasteiger charge is -1.93. The standard InChI is InChI=1S/C5H5ClO3/c1-3(4(6)7)5(8)9-2/h1H2,2H3. The first-order valence-corrected chi connectivity index (χ1v) is 2.44. The van der Waals surface area contributed by atoms with Crippen LogP contribution in [0.25, 0.3) is 0 Å². The lowest BCUT2D eigenvalue weighted by molar-refractivity contribution is -0.137. The molecular weight excluding hydrogens is 144 g/mol. The lowest BCUT2D eigenvalue weighted by Crippen LogP contribution is -2.08. The number of esters is 1. The van der Waals surface area contributed by atoms with Crippen molar-refractivity contribution in [1.29, 1.82) is 0 Å².